The number of fused-ring (bicyclic) bond motifs is 3. The molecule has 1 unspecified atom stereocenters. The number of likely N-dealkylation sites (tertiary alicyclic amines) is 1. The molecule has 1 aliphatic heterocycles. The number of thioether (sulfide) groups is 1. The van der Waals surface area contributed by atoms with Crippen molar-refractivity contribution in [3.05, 3.63) is 34.6 Å². The average Bonchev–Trinajstić information content (AvgIpc) is 3.31. The van der Waals surface area contributed by atoms with Gasteiger partial charge in [0.1, 0.15) is 0 Å². The lowest BCUT2D eigenvalue weighted by molar-refractivity contribution is 0.190. The molecule has 1 aliphatic rings. The Kier molecular flexibility index (Phi) is 5.99. The Morgan fingerprint density at radius 1 is 1.29 bits per heavy atom. The Balaban J connectivity index is 1.67. The molecule has 1 aromatic carbocycles. The molecule has 0 N–H and O–H groups in total. The van der Waals surface area contributed by atoms with Gasteiger partial charge in [0.2, 0.25) is 5.78 Å². The van der Waals surface area contributed by atoms with E-state index in [-0.39, 0.29) is 5.56 Å². The Hall–Kier alpha value is -1.90. The Bertz CT molecular complexity index is 1010. The highest BCUT2D eigenvalue weighted by molar-refractivity contribution is 7.99. The van der Waals surface area contributed by atoms with Crippen LogP contribution in [0, 0.1) is 0 Å². The van der Waals surface area contributed by atoms with Gasteiger partial charge in [-0.2, -0.15) is 0 Å². The minimum Gasteiger partial charge on any atom is -0.385 e. The van der Waals surface area contributed by atoms with Gasteiger partial charge in [0.05, 0.1) is 10.9 Å². The fourth-order valence-corrected chi connectivity index (χ4v) is 5.01. The fraction of sp³-hybridized carbons (Fsp3) is 0.550. The van der Waals surface area contributed by atoms with Gasteiger partial charge in [-0.25, -0.2) is 0 Å². The summed E-state index contributed by atoms with van der Waals surface area (Å²) in [7, 11) is 3.88. The molecular formula is C20H27N5O2S. The molecule has 1 fully saturated rings. The molecule has 0 radical (unpaired) electrons. The molecule has 3 heterocycles. The zero-order chi connectivity index (χ0) is 19.5. The molecule has 2 aromatic heterocycles. The van der Waals surface area contributed by atoms with E-state index in [0.29, 0.717) is 30.4 Å². The summed E-state index contributed by atoms with van der Waals surface area (Å²) < 4.78 is 8.91. The van der Waals surface area contributed by atoms with E-state index < -0.39 is 0 Å². The smallest absolute Gasteiger partial charge is 0.262 e. The van der Waals surface area contributed by atoms with Gasteiger partial charge < -0.3 is 9.64 Å². The third-order valence-electron chi connectivity index (χ3n) is 5.56. The van der Waals surface area contributed by atoms with Crippen molar-refractivity contribution < 1.29 is 4.74 Å². The molecule has 0 amide bonds. The van der Waals surface area contributed by atoms with Crippen molar-refractivity contribution in [3.8, 4) is 0 Å². The average molecular weight is 402 g/mol. The molecule has 8 heteroatoms. The monoisotopic (exact) mass is 401 g/mol. The Labute approximate surface area is 168 Å². The summed E-state index contributed by atoms with van der Waals surface area (Å²) in [5.74, 6) is 1.60. The molecule has 1 atom stereocenters. The minimum absolute atomic E-state index is 0.0178. The molecule has 7 nitrogen and oxygen atoms in total. The summed E-state index contributed by atoms with van der Waals surface area (Å²) in [6.45, 7) is 2.37. The summed E-state index contributed by atoms with van der Waals surface area (Å²) in [4.78, 5) is 15.4. The first-order chi connectivity index (χ1) is 13.7. The molecule has 0 spiro atoms. The fourth-order valence-electron chi connectivity index (χ4n) is 4.03. The van der Waals surface area contributed by atoms with Crippen LogP contribution >= 0.6 is 11.8 Å². The zero-order valence-corrected chi connectivity index (χ0v) is 17.3. The van der Waals surface area contributed by atoms with E-state index in [0.717, 1.165) is 29.3 Å². The first kappa shape index (κ1) is 19.4. The molecule has 1 saturated heterocycles. The lowest BCUT2D eigenvalue weighted by atomic mass is 10.2. The van der Waals surface area contributed by atoms with Gasteiger partial charge in [0, 0.05) is 32.1 Å². The number of nitrogens with zero attached hydrogens (tertiary/aromatic N) is 5. The Morgan fingerprint density at radius 2 is 2.14 bits per heavy atom. The Morgan fingerprint density at radius 3 is 2.93 bits per heavy atom. The van der Waals surface area contributed by atoms with Crippen molar-refractivity contribution in [2.45, 2.75) is 43.4 Å². The van der Waals surface area contributed by atoms with Crippen LogP contribution in [0.25, 0.3) is 16.7 Å². The molecule has 4 rings (SSSR count). The van der Waals surface area contributed by atoms with Crippen LogP contribution in [0.1, 0.15) is 25.7 Å². The van der Waals surface area contributed by atoms with Crippen molar-refractivity contribution in [2.24, 2.45) is 0 Å². The van der Waals surface area contributed by atoms with Crippen LogP contribution < -0.4 is 5.56 Å². The van der Waals surface area contributed by atoms with Gasteiger partial charge in [-0.15, -0.1) is 10.2 Å². The van der Waals surface area contributed by atoms with Crippen molar-refractivity contribution in [3.63, 3.8) is 0 Å². The van der Waals surface area contributed by atoms with Crippen LogP contribution in [-0.4, -0.2) is 63.2 Å². The third kappa shape index (κ3) is 3.68. The second kappa shape index (κ2) is 8.63. The zero-order valence-electron chi connectivity index (χ0n) is 16.5. The van der Waals surface area contributed by atoms with Crippen LogP contribution in [0.3, 0.4) is 0 Å². The van der Waals surface area contributed by atoms with Crippen LogP contribution in [0.2, 0.25) is 0 Å². The predicted molar refractivity (Wildman–Crippen MR) is 112 cm³/mol. The van der Waals surface area contributed by atoms with E-state index in [1.807, 2.05) is 28.7 Å². The van der Waals surface area contributed by atoms with Gasteiger partial charge in [-0.05, 0) is 51.4 Å². The number of hydrogen-bond acceptors (Lipinski definition) is 6. The maximum Gasteiger partial charge on any atom is 0.262 e. The van der Waals surface area contributed by atoms with E-state index in [4.69, 9.17) is 4.74 Å². The number of aryl methyl sites for hydroxylation is 1. The molecule has 0 saturated carbocycles. The van der Waals surface area contributed by atoms with Gasteiger partial charge in [0.15, 0.2) is 5.16 Å². The molecular weight excluding hydrogens is 374 g/mol. The quantitative estimate of drug-likeness (QED) is 0.427. The molecule has 150 valence electrons. The largest absolute Gasteiger partial charge is 0.385 e. The van der Waals surface area contributed by atoms with Crippen molar-refractivity contribution in [1.29, 1.82) is 0 Å². The van der Waals surface area contributed by atoms with Crippen molar-refractivity contribution in [2.75, 3.05) is 33.1 Å². The van der Waals surface area contributed by atoms with Gasteiger partial charge in [-0.3, -0.25) is 13.8 Å². The number of benzene rings is 1. The van der Waals surface area contributed by atoms with Crippen LogP contribution in [0.5, 0.6) is 0 Å². The maximum absolute atomic E-state index is 13.0. The molecule has 28 heavy (non-hydrogen) atoms. The van der Waals surface area contributed by atoms with E-state index in [9.17, 15) is 4.79 Å². The highest BCUT2D eigenvalue weighted by Crippen LogP contribution is 2.25. The molecule has 0 bridgehead atoms. The minimum atomic E-state index is -0.0178. The highest BCUT2D eigenvalue weighted by atomic mass is 32.2. The van der Waals surface area contributed by atoms with Crippen molar-refractivity contribution in [1.82, 2.24) is 24.1 Å². The normalized spacial score (nSPS) is 17.9. The summed E-state index contributed by atoms with van der Waals surface area (Å²) in [5.41, 5.74) is 0.853. The van der Waals surface area contributed by atoms with Gasteiger partial charge >= 0.3 is 0 Å². The SMILES string of the molecule is COCCCn1c(=O)c2ccccc2n2c(SCCC3CCCN3C)nnc12. The second-order valence-corrected chi connectivity index (χ2v) is 8.41. The van der Waals surface area contributed by atoms with Crippen LogP contribution in [0.4, 0.5) is 0 Å². The van der Waals surface area contributed by atoms with Gasteiger partial charge in [-0.1, -0.05) is 23.9 Å². The topological polar surface area (TPSA) is 64.7 Å². The number of rotatable bonds is 8. The first-order valence-corrected chi connectivity index (χ1v) is 10.9. The number of methoxy groups -OCH3 is 1. The van der Waals surface area contributed by atoms with E-state index in [1.165, 1.54) is 19.4 Å². The summed E-state index contributed by atoms with van der Waals surface area (Å²) >= 11 is 1.73. The number of ether oxygens (including phenoxy) is 1. The molecule has 0 aliphatic carbocycles. The van der Waals surface area contributed by atoms with E-state index in [1.54, 1.807) is 23.4 Å². The number of aromatic nitrogens is 4. The maximum atomic E-state index is 13.0. The first-order valence-electron chi connectivity index (χ1n) is 9.89. The van der Waals surface area contributed by atoms with Crippen LogP contribution in [0.15, 0.2) is 34.2 Å². The van der Waals surface area contributed by atoms with Gasteiger partial charge in [0.25, 0.3) is 5.56 Å². The number of hydrogen-bond donors (Lipinski definition) is 0. The predicted octanol–water partition coefficient (Wildman–Crippen LogP) is 2.66. The van der Waals surface area contributed by atoms with Crippen molar-refractivity contribution >= 4 is 28.4 Å². The molecule has 3 aromatic rings. The second-order valence-electron chi connectivity index (χ2n) is 7.35. The summed E-state index contributed by atoms with van der Waals surface area (Å²) in [6.07, 6.45) is 4.47. The summed E-state index contributed by atoms with van der Waals surface area (Å²) in [6, 6.07) is 8.38. The lowest BCUT2D eigenvalue weighted by Crippen LogP contribution is -2.25. The summed E-state index contributed by atoms with van der Waals surface area (Å²) in [5, 5.41) is 10.4. The lowest BCUT2D eigenvalue weighted by Gasteiger charge is -2.18. The highest BCUT2D eigenvalue weighted by Gasteiger charge is 2.21. The number of para-hydroxylation sites is 1. The van der Waals surface area contributed by atoms with E-state index in [2.05, 4.69) is 22.1 Å². The van der Waals surface area contributed by atoms with Crippen LogP contribution in [-0.2, 0) is 11.3 Å². The third-order valence-corrected chi connectivity index (χ3v) is 6.52. The standard InChI is InChI=1S/C20H27N5O2S/c1-23-11-5-7-15(23)10-14-28-20-22-21-19-24(12-6-13-27-2)18(26)16-8-3-4-9-17(16)25(19)20/h3-4,8-9,15H,5-7,10-14H2,1-2H3. The van der Waals surface area contributed by atoms with E-state index >= 15 is 0 Å².